The van der Waals surface area contributed by atoms with Crippen molar-refractivity contribution in [2.45, 2.75) is 37.6 Å². The fraction of sp³-hybridized carbons (Fsp3) is 0.462. The molecule has 0 saturated heterocycles. The fourth-order valence-electron chi connectivity index (χ4n) is 2.32. The summed E-state index contributed by atoms with van der Waals surface area (Å²) in [7, 11) is 0. The van der Waals surface area contributed by atoms with Crippen LogP contribution in [-0.4, -0.2) is 9.55 Å². The Morgan fingerprint density at radius 3 is 2.76 bits per heavy atom. The van der Waals surface area contributed by atoms with Crippen LogP contribution in [0.15, 0.2) is 18.2 Å². The third kappa shape index (κ3) is 1.56. The van der Waals surface area contributed by atoms with E-state index in [1.165, 1.54) is 6.07 Å². The standard InChI is InChI=1S/C13H14ClFN2/c1-8(14)12-16-11-9(15)4-3-5-10(11)17(12)13(2)6-7-13/h3-5,8H,6-7H2,1-2H3. The summed E-state index contributed by atoms with van der Waals surface area (Å²) in [6.45, 7) is 4.05. The molecule has 2 nitrogen and oxygen atoms in total. The summed E-state index contributed by atoms with van der Waals surface area (Å²) < 4.78 is 15.8. The van der Waals surface area contributed by atoms with Crippen molar-refractivity contribution >= 4 is 22.6 Å². The highest BCUT2D eigenvalue weighted by Crippen LogP contribution is 2.47. The van der Waals surface area contributed by atoms with Crippen LogP contribution >= 0.6 is 11.6 Å². The van der Waals surface area contributed by atoms with Crippen LogP contribution in [0.3, 0.4) is 0 Å². The van der Waals surface area contributed by atoms with E-state index < -0.39 is 0 Å². The van der Waals surface area contributed by atoms with Crippen molar-refractivity contribution in [2.75, 3.05) is 0 Å². The molecule has 1 aromatic heterocycles. The Labute approximate surface area is 104 Å². The zero-order valence-corrected chi connectivity index (χ0v) is 10.6. The van der Waals surface area contributed by atoms with Gasteiger partial charge in [-0.05, 0) is 38.8 Å². The number of para-hydroxylation sites is 1. The minimum absolute atomic E-state index is 0.0705. The Kier molecular flexibility index (Phi) is 2.24. The van der Waals surface area contributed by atoms with Crippen molar-refractivity contribution in [3.8, 4) is 0 Å². The molecule has 1 fully saturated rings. The van der Waals surface area contributed by atoms with Gasteiger partial charge in [-0.25, -0.2) is 9.37 Å². The van der Waals surface area contributed by atoms with E-state index in [0.717, 1.165) is 24.2 Å². The van der Waals surface area contributed by atoms with Crippen molar-refractivity contribution in [2.24, 2.45) is 0 Å². The van der Waals surface area contributed by atoms with Gasteiger partial charge in [0, 0.05) is 5.54 Å². The summed E-state index contributed by atoms with van der Waals surface area (Å²) in [5.74, 6) is 0.496. The molecule has 17 heavy (non-hydrogen) atoms. The van der Waals surface area contributed by atoms with Crippen molar-refractivity contribution in [1.82, 2.24) is 9.55 Å². The molecule has 0 spiro atoms. The van der Waals surface area contributed by atoms with E-state index in [-0.39, 0.29) is 16.7 Å². The minimum atomic E-state index is -0.274. The zero-order chi connectivity index (χ0) is 12.2. The predicted molar refractivity (Wildman–Crippen MR) is 66.8 cm³/mol. The summed E-state index contributed by atoms with van der Waals surface area (Å²) in [4.78, 5) is 4.37. The summed E-state index contributed by atoms with van der Waals surface area (Å²) in [6, 6.07) is 5.08. The van der Waals surface area contributed by atoms with E-state index in [2.05, 4.69) is 16.5 Å². The number of halogens is 2. The number of aromatic nitrogens is 2. The summed E-state index contributed by atoms with van der Waals surface area (Å²) in [6.07, 6.45) is 2.21. The normalized spacial score (nSPS) is 19.5. The third-order valence-electron chi connectivity index (χ3n) is 3.53. The van der Waals surface area contributed by atoms with Crippen molar-refractivity contribution < 1.29 is 4.39 Å². The maximum Gasteiger partial charge on any atom is 0.151 e. The highest BCUT2D eigenvalue weighted by Gasteiger charge is 2.42. The van der Waals surface area contributed by atoms with Gasteiger partial charge in [-0.1, -0.05) is 6.07 Å². The van der Waals surface area contributed by atoms with Crippen LogP contribution in [0.4, 0.5) is 4.39 Å². The molecule has 0 aliphatic heterocycles. The molecule has 2 aromatic rings. The SMILES string of the molecule is CC(Cl)c1nc2c(F)cccc2n1C1(C)CC1. The monoisotopic (exact) mass is 252 g/mol. The second-order valence-electron chi connectivity index (χ2n) is 5.03. The quantitative estimate of drug-likeness (QED) is 0.739. The Bertz CT molecular complexity index is 584. The lowest BCUT2D eigenvalue weighted by molar-refractivity contribution is 0.522. The molecule has 1 saturated carbocycles. The van der Waals surface area contributed by atoms with Gasteiger partial charge in [0.1, 0.15) is 11.3 Å². The number of hydrogen-bond donors (Lipinski definition) is 0. The largest absolute Gasteiger partial charge is 0.321 e. The van der Waals surface area contributed by atoms with Gasteiger partial charge in [0.15, 0.2) is 5.82 Å². The van der Waals surface area contributed by atoms with Gasteiger partial charge in [-0.15, -0.1) is 11.6 Å². The highest BCUT2D eigenvalue weighted by molar-refractivity contribution is 6.20. The number of hydrogen-bond acceptors (Lipinski definition) is 1. The predicted octanol–water partition coefficient (Wildman–Crippen LogP) is 3.98. The summed E-state index contributed by atoms with van der Waals surface area (Å²) >= 11 is 6.16. The lowest BCUT2D eigenvalue weighted by Crippen LogP contribution is -2.16. The average Bonchev–Trinajstić information content (AvgIpc) is 2.88. The second kappa shape index (κ2) is 3.45. The molecule has 4 heteroatoms. The molecule has 1 aliphatic rings. The van der Waals surface area contributed by atoms with E-state index in [0.29, 0.717) is 5.52 Å². The van der Waals surface area contributed by atoms with Crippen LogP contribution in [0.25, 0.3) is 11.0 Å². The second-order valence-corrected chi connectivity index (χ2v) is 5.68. The number of imidazole rings is 1. The third-order valence-corrected chi connectivity index (χ3v) is 3.73. The molecule has 90 valence electrons. The Morgan fingerprint density at radius 1 is 1.47 bits per heavy atom. The van der Waals surface area contributed by atoms with Crippen LogP contribution in [0.1, 0.15) is 37.9 Å². The average molecular weight is 253 g/mol. The van der Waals surface area contributed by atoms with Gasteiger partial charge in [-0.3, -0.25) is 0 Å². The molecule has 0 bridgehead atoms. The molecule has 1 unspecified atom stereocenters. The molecule has 0 amide bonds. The number of fused-ring (bicyclic) bond motifs is 1. The number of benzene rings is 1. The molecule has 0 radical (unpaired) electrons. The van der Waals surface area contributed by atoms with Crippen LogP contribution in [0, 0.1) is 5.82 Å². The Morgan fingerprint density at radius 2 is 2.18 bits per heavy atom. The van der Waals surface area contributed by atoms with E-state index in [4.69, 9.17) is 11.6 Å². The number of rotatable bonds is 2. The van der Waals surface area contributed by atoms with E-state index in [9.17, 15) is 4.39 Å². The topological polar surface area (TPSA) is 17.8 Å². The molecule has 1 atom stereocenters. The molecular weight excluding hydrogens is 239 g/mol. The Balaban J connectivity index is 2.36. The first kappa shape index (κ1) is 11.0. The van der Waals surface area contributed by atoms with Gasteiger partial charge >= 0.3 is 0 Å². The van der Waals surface area contributed by atoms with Crippen LogP contribution in [-0.2, 0) is 5.54 Å². The first-order valence-corrected chi connectivity index (χ1v) is 6.28. The highest BCUT2D eigenvalue weighted by atomic mass is 35.5. The smallest absolute Gasteiger partial charge is 0.151 e. The maximum absolute atomic E-state index is 13.7. The lowest BCUT2D eigenvalue weighted by Gasteiger charge is -2.17. The molecule has 0 N–H and O–H groups in total. The lowest BCUT2D eigenvalue weighted by atomic mass is 10.2. The zero-order valence-electron chi connectivity index (χ0n) is 9.87. The van der Waals surface area contributed by atoms with Gasteiger partial charge in [0.25, 0.3) is 0 Å². The molecule has 1 aromatic carbocycles. The number of alkyl halides is 1. The van der Waals surface area contributed by atoms with Crippen LogP contribution < -0.4 is 0 Å². The summed E-state index contributed by atoms with van der Waals surface area (Å²) in [5, 5.41) is -0.209. The molecule has 1 aliphatic carbocycles. The Hall–Kier alpha value is -1.09. The van der Waals surface area contributed by atoms with Gasteiger partial charge in [-0.2, -0.15) is 0 Å². The van der Waals surface area contributed by atoms with Crippen LogP contribution in [0.2, 0.25) is 0 Å². The minimum Gasteiger partial charge on any atom is -0.321 e. The fourth-order valence-corrected chi connectivity index (χ4v) is 2.47. The molecule has 1 heterocycles. The van der Waals surface area contributed by atoms with Crippen molar-refractivity contribution in [3.05, 3.63) is 29.8 Å². The first-order valence-electron chi connectivity index (χ1n) is 5.84. The van der Waals surface area contributed by atoms with Crippen molar-refractivity contribution in [3.63, 3.8) is 0 Å². The van der Waals surface area contributed by atoms with Gasteiger partial charge in [0.2, 0.25) is 0 Å². The number of nitrogens with zero attached hydrogens (tertiary/aromatic N) is 2. The van der Waals surface area contributed by atoms with Crippen LogP contribution in [0.5, 0.6) is 0 Å². The van der Waals surface area contributed by atoms with Gasteiger partial charge < -0.3 is 4.57 Å². The summed E-state index contributed by atoms with van der Waals surface area (Å²) in [5.41, 5.74) is 1.36. The van der Waals surface area contributed by atoms with Gasteiger partial charge in [0.05, 0.1) is 10.9 Å². The van der Waals surface area contributed by atoms with E-state index in [1.54, 1.807) is 6.07 Å². The van der Waals surface area contributed by atoms with E-state index >= 15 is 0 Å². The van der Waals surface area contributed by atoms with Crippen molar-refractivity contribution in [1.29, 1.82) is 0 Å². The molecule has 3 rings (SSSR count). The first-order chi connectivity index (χ1) is 8.03. The molecular formula is C13H14ClFN2. The maximum atomic E-state index is 13.7. The van der Waals surface area contributed by atoms with E-state index in [1.807, 2.05) is 13.0 Å².